The third-order valence-electron chi connectivity index (χ3n) is 4.43. The highest BCUT2D eigenvalue weighted by atomic mass is 32.2. The Morgan fingerprint density at radius 3 is 2.73 bits per heavy atom. The van der Waals surface area contributed by atoms with E-state index in [2.05, 4.69) is 34.2 Å². The molecular weight excluding hydrogens is 350 g/mol. The van der Waals surface area contributed by atoms with Crippen molar-refractivity contribution < 1.29 is 12.6 Å². The van der Waals surface area contributed by atoms with Gasteiger partial charge in [-0.3, -0.25) is 4.18 Å². The molecule has 0 bridgehead atoms. The van der Waals surface area contributed by atoms with E-state index in [9.17, 15) is 8.42 Å². The third-order valence-corrected chi connectivity index (χ3v) is 5.05. The molecule has 4 rings (SSSR count). The van der Waals surface area contributed by atoms with Gasteiger partial charge in [0.25, 0.3) is 10.1 Å². The van der Waals surface area contributed by atoms with Crippen molar-refractivity contribution in [3.63, 3.8) is 0 Å². The fourth-order valence-electron chi connectivity index (χ4n) is 3.25. The standard InChI is InChI=1S/C19H19N3O3S/c1-26(23,24)25-17-9-11-22(13-17)19-20-10-8-18(21-19)16-7-6-14-4-2-3-5-15(14)12-16/h2-8,10,12,17H,9,11,13H2,1H3. The van der Waals surface area contributed by atoms with Crippen molar-refractivity contribution in [3.05, 3.63) is 54.7 Å². The van der Waals surface area contributed by atoms with Crippen LogP contribution in [0.2, 0.25) is 0 Å². The minimum atomic E-state index is -3.45. The van der Waals surface area contributed by atoms with Crippen LogP contribution in [0.15, 0.2) is 54.7 Å². The molecule has 7 heteroatoms. The molecule has 3 aromatic rings. The van der Waals surface area contributed by atoms with E-state index in [1.54, 1.807) is 6.20 Å². The Morgan fingerprint density at radius 2 is 1.92 bits per heavy atom. The minimum absolute atomic E-state index is 0.349. The van der Waals surface area contributed by atoms with Crippen LogP contribution in [0.3, 0.4) is 0 Å². The molecule has 0 N–H and O–H groups in total. The zero-order valence-electron chi connectivity index (χ0n) is 14.4. The third kappa shape index (κ3) is 3.68. The van der Waals surface area contributed by atoms with Gasteiger partial charge in [-0.2, -0.15) is 8.42 Å². The van der Waals surface area contributed by atoms with Crippen LogP contribution in [0, 0.1) is 0 Å². The summed E-state index contributed by atoms with van der Waals surface area (Å²) >= 11 is 0. The Hall–Kier alpha value is -2.51. The number of anilines is 1. The first kappa shape index (κ1) is 16.9. The smallest absolute Gasteiger partial charge is 0.264 e. The van der Waals surface area contributed by atoms with E-state index in [0.717, 1.165) is 22.9 Å². The predicted molar refractivity (Wildman–Crippen MR) is 102 cm³/mol. The first-order valence-corrected chi connectivity index (χ1v) is 10.2. The minimum Gasteiger partial charge on any atom is -0.338 e. The lowest BCUT2D eigenvalue weighted by molar-refractivity contribution is 0.234. The summed E-state index contributed by atoms with van der Waals surface area (Å²) in [5, 5.41) is 2.35. The molecule has 26 heavy (non-hydrogen) atoms. The average molecular weight is 369 g/mol. The molecule has 0 radical (unpaired) electrons. The number of hydrogen-bond acceptors (Lipinski definition) is 6. The Labute approximate surface area is 152 Å². The van der Waals surface area contributed by atoms with Gasteiger partial charge >= 0.3 is 0 Å². The first-order valence-electron chi connectivity index (χ1n) is 8.43. The van der Waals surface area contributed by atoms with Crippen molar-refractivity contribution in [2.45, 2.75) is 12.5 Å². The molecule has 1 fully saturated rings. The zero-order valence-corrected chi connectivity index (χ0v) is 15.2. The van der Waals surface area contributed by atoms with Crippen LogP contribution in [0.4, 0.5) is 5.95 Å². The molecule has 2 heterocycles. The molecule has 1 aliphatic rings. The van der Waals surface area contributed by atoms with Gasteiger partial charge in [-0.25, -0.2) is 9.97 Å². The van der Waals surface area contributed by atoms with Crippen molar-refractivity contribution in [2.24, 2.45) is 0 Å². The fourth-order valence-corrected chi connectivity index (χ4v) is 3.90. The summed E-state index contributed by atoms with van der Waals surface area (Å²) in [6.45, 7) is 1.13. The molecule has 0 amide bonds. The zero-order chi connectivity index (χ0) is 18.1. The van der Waals surface area contributed by atoms with Gasteiger partial charge < -0.3 is 4.90 Å². The second-order valence-corrected chi connectivity index (χ2v) is 8.06. The maximum Gasteiger partial charge on any atom is 0.264 e. The molecule has 1 saturated heterocycles. The summed E-state index contributed by atoms with van der Waals surface area (Å²) in [7, 11) is -3.45. The van der Waals surface area contributed by atoms with E-state index < -0.39 is 10.1 Å². The highest BCUT2D eigenvalue weighted by Gasteiger charge is 2.27. The maximum atomic E-state index is 11.3. The van der Waals surface area contributed by atoms with Crippen LogP contribution in [0.25, 0.3) is 22.0 Å². The van der Waals surface area contributed by atoms with Crippen molar-refractivity contribution in [1.82, 2.24) is 9.97 Å². The summed E-state index contributed by atoms with van der Waals surface area (Å²) in [6, 6.07) is 16.3. The molecular formula is C19H19N3O3S. The Morgan fingerprint density at radius 1 is 1.12 bits per heavy atom. The van der Waals surface area contributed by atoms with Crippen LogP contribution in [-0.4, -0.2) is 43.8 Å². The molecule has 0 spiro atoms. The fraction of sp³-hybridized carbons (Fsp3) is 0.263. The van der Waals surface area contributed by atoms with E-state index in [1.165, 1.54) is 5.39 Å². The molecule has 2 aromatic carbocycles. The van der Waals surface area contributed by atoms with Gasteiger partial charge in [-0.05, 0) is 29.3 Å². The average Bonchev–Trinajstić information content (AvgIpc) is 3.08. The number of nitrogens with zero attached hydrogens (tertiary/aromatic N) is 3. The molecule has 1 unspecified atom stereocenters. The van der Waals surface area contributed by atoms with E-state index in [-0.39, 0.29) is 6.10 Å². The van der Waals surface area contributed by atoms with Gasteiger partial charge in [0.15, 0.2) is 0 Å². The van der Waals surface area contributed by atoms with Crippen molar-refractivity contribution in [3.8, 4) is 11.3 Å². The van der Waals surface area contributed by atoms with E-state index in [1.807, 2.05) is 29.2 Å². The number of fused-ring (bicyclic) bond motifs is 1. The Bertz CT molecular complexity index is 1050. The summed E-state index contributed by atoms with van der Waals surface area (Å²) in [6.07, 6.45) is 3.10. The first-order chi connectivity index (χ1) is 12.5. The Kier molecular flexibility index (Phi) is 4.34. The second-order valence-electron chi connectivity index (χ2n) is 6.46. The molecule has 0 aliphatic carbocycles. The van der Waals surface area contributed by atoms with Crippen molar-refractivity contribution in [2.75, 3.05) is 24.2 Å². The molecule has 6 nitrogen and oxygen atoms in total. The van der Waals surface area contributed by atoms with Crippen LogP contribution < -0.4 is 4.90 Å². The van der Waals surface area contributed by atoms with E-state index in [0.29, 0.717) is 25.5 Å². The molecule has 0 saturated carbocycles. The second kappa shape index (κ2) is 6.66. The number of aromatic nitrogens is 2. The van der Waals surface area contributed by atoms with Gasteiger partial charge in [0, 0.05) is 24.8 Å². The topological polar surface area (TPSA) is 72.4 Å². The van der Waals surface area contributed by atoms with E-state index >= 15 is 0 Å². The lowest BCUT2D eigenvalue weighted by Crippen LogP contribution is -2.26. The monoisotopic (exact) mass is 369 g/mol. The van der Waals surface area contributed by atoms with Gasteiger partial charge in [-0.1, -0.05) is 36.4 Å². The maximum absolute atomic E-state index is 11.3. The van der Waals surface area contributed by atoms with Crippen molar-refractivity contribution >= 4 is 26.8 Å². The summed E-state index contributed by atoms with van der Waals surface area (Å²) < 4.78 is 27.7. The molecule has 1 atom stereocenters. The number of hydrogen-bond donors (Lipinski definition) is 0. The number of rotatable bonds is 4. The van der Waals surface area contributed by atoms with Gasteiger partial charge in [0.1, 0.15) is 0 Å². The quantitative estimate of drug-likeness (QED) is 0.659. The SMILES string of the molecule is CS(=O)(=O)OC1CCN(c2nccc(-c3ccc4ccccc4c3)n2)C1. The predicted octanol–water partition coefficient (Wildman–Crippen LogP) is 2.85. The van der Waals surface area contributed by atoms with E-state index in [4.69, 9.17) is 4.18 Å². The lowest BCUT2D eigenvalue weighted by atomic mass is 10.1. The highest BCUT2D eigenvalue weighted by Crippen LogP contribution is 2.25. The molecule has 1 aliphatic heterocycles. The normalized spacial score (nSPS) is 17.7. The van der Waals surface area contributed by atoms with Crippen LogP contribution in [0.1, 0.15) is 6.42 Å². The summed E-state index contributed by atoms with van der Waals surface area (Å²) in [5.41, 5.74) is 1.86. The lowest BCUT2D eigenvalue weighted by Gasteiger charge is -2.16. The van der Waals surface area contributed by atoms with Crippen LogP contribution in [0.5, 0.6) is 0 Å². The van der Waals surface area contributed by atoms with Crippen LogP contribution in [-0.2, 0) is 14.3 Å². The summed E-state index contributed by atoms with van der Waals surface area (Å²) in [4.78, 5) is 11.0. The largest absolute Gasteiger partial charge is 0.338 e. The van der Waals surface area contributed by atoms with Crippen molar-refractivity contribution in [1.29, 1.82) is 0 Å². The molecule has 1 aromatic heterocycles. The number of benzene rings is 2. The summed E-state index contributed by atoms with van der Waals surface area (Å²) in [5.74, 6) is 0.593. The van der Waals surface area contributed by atoms with Gasteiger partial charge in [0.05, 0.1) is 18.1 Å². The Balaban J connectivity index is 1.58. The van der Waals surface area contributed by atoms with Gasteiger partial charge in [0.2, 0.25) is 5.95 Å². The van der Waals surface area contributed by atoms with Crippen LogP contribution >= 0.6 is 0 Å². The highest BCUT2D eigenvalue weighted by molar-refractivity contribution is 7.86. The molecule has 134 valence electrons. The van der Waals surface area contributed by atoms with Gasteiger partial charge in [-0.15, -0.1) is 0 Å².